The van der Waals surface area contributed by atoms with E-state index in [9.17, 15) is 68.8 Å². The van der Waals surface area contributed by atoms with Crippen molar-refractivity contribution in [2.45, 2.75) is 288 Å². The molecule has 566 valence electrons. The highest BCUT2D eigenvalue weighted by Gasteiger charge is 2.44. The predicted molar refractivity (Wildman–Crippen MR) is 360 cm³/mol. The van der Waals surface area contributed by atoms with E-state index in [4.69, 9.17) is 48.7 Å². The SMILES string of the molecule is CC(C)C[C@@H](COP(=O)(O)O)NC(=O)CCCCCCCCCCC(=O)CC(COCCC(=O)CCCCCC(=O)CCCCOC1OC(CO)C(O)C(O)C1C)(COCCC(=O)CCCCCC(=O)CCCCOC1OC(CO)C(O)C(O)C1C)COCCC(=O)NCCCN. The highest BCUT2D eigenvalue weighted by Crippen LogP contribution is 2.36. The van der Waals surface area contributed by atoms with Crippen LogP contribution in [0.2, 0.25) is 0 Å². The van der Waals surface area contributed by atoms with Crippen molar-refractivity contribution in [3.63, 3.8) is 0 Å². The number of amides is 2. The third kappa shape index (κ3) is 42.8. The molecule has 28 heteroatoms. The summed E-state index contributed by atoms with van der Waals surface area (Å²) >= 11 is 0. The minimum absolute atomic E-state index is 0.00316. The second kappa shape index (κ2) is 53.6. The Morgan fingerprint density at radius 1 is 0.485 bits per heavy atom. The van der Waals surface area contributed by atoms with E-state index < -0.39 is 93.5 Å². The molecule has 0 aliphatic carbocycles. The lowest BCUT2D eigenvalue weighted by Gasteiger charge is -2.40. The lowest BCUT2D eigenvalue weighted by atomic mass is 9.83. The summed E-state index contributed by atoms with van der Waals surface area (Å²) < 4.78 is 57.1. The van der Waals surface area contributed by atoms with E-state index in [0.717, 1.165) is 38.5 Å². The average molecular weight is 1410 g/mol. The Bertz CT molecular complexity index is 2120. The number of phosphoric acid groups is 1. The van der Waals surface area contributed by atoms with Gasteiger partial charge in [0.25, 0.3) is 0 Å². The number of Topliss-reactive ketones (excluding diaryl/α,β-unsaturated/α-hetero) is 5. The van der Waals surface area contributed by atoms with Crippen LogP contribution in [-0.4, -0.2) is 222 Å². The van der Waals surface area contributed by atoms with Gasteiger partial charge in [0.05, 0.1) is 77.7 Å². The van der Waals surface area contributed by atoms with Crippen LogP contribution < -0.4 is 16.4 Å². The molecule has 2 aliphatic rings. The van der Waals surface area contributed by atoms with Gasteiger partial charge in [-0.3, -0.25) is 38.1 Å². The van der Waals surface area contributed by atoms with Crippen molar-refractivity contribution < 1.29 is 116 Å². The quantitative estimate of drug-likeness (QED) is 0.0251. The normalized spacial score (nSPS) is 22.3. The molecule has 2 saturated heterocycles. The van der Waals surface area contributed by atoms with E-state index in [-0.39, 0.29) is 132 Å². The lowest BCUT2D eigenvalue weighted by molar-refractivity contribution is -0.282. The Hall–Kier alpha value is -3.16. The number of unbranched alkanes of at least 4 members (excludes halogenated alkanes) is 13. The van der Waals surface area contributed by atoms with Crippen molar-refractivity contribution in [2.75, 3.05) is 85.8 Å². The third-order valence-electron chi connectivity index (χ3n) is 17.7. The second-order valence-corrected chi connectivity index (χ2v) is 28.4. The van der Waals surface area contributed by atoms with E-state index in [1.54, 1.807) is 13.8 Å². The zero-order valence-corrected chi connectivity index (χ0v) is 59.8. The van der Waals surface area contributed by atoms with Crippen LogP contribution in [0.3, 0.4) is 0 Å². The van der Waals surface area contributed by atoms with Gasteiger partial charge in [0.15, 0.2) is 12.6 Å². The number of ether oxygens (including phenoxy) is 7. The molecule has 0 bridgehead atoms. The zero-order chi connectivity index (χ0) is 71.9. The third-order valence-corrected chi connectivity index (χ3v) is 18.1. The molecular formula is C69H126N3O24P. The molecule has 2 rings (SSSR count). The molecule has 10 unspecified atom stereocenters. The largest absolute Gasteiger partial charge is 0.469 e. The molecule has 27 nitrogen and oxygen atoms in total. The fourth-order valence-electron chi connectivity index (χ4n) is 11.7. The first-order valence-corrected chi connectivity index (χ1v) is 37.6. The minimum atomic E-state index is -4.66. The standard InChI is InChI=1S/C69H126N3O24P/c1-50(2)42-53(46-94-97(86,87)88)72-62(81)31-18-10-8-6-5-7-9-13-30-58(79)43-69(49-91-41-34-61(80)71-36-23-35-70,47-89-39-32-56(77)26-16-11-14-24-54(75)28-19-21-37-92-67-51(3)63(82)65(84)59(44-73)95-67)48-90-40-33-57(78)27-17-12-15-25-55(76)29-20-22-38-93-68-52(4)64(83)66(85)60(45-74)96-68/h50-53,59-60,63-68,73-74,82-85H,5-49,70H2,1-4H3,(H,71,80)(H,72,81)(H2,86,87,88)/t51?,52?,53-,59?,60?,63?,64?,65?,66?,67?,68?,69?/m0/s1. The molecule has 2 fully saturated rings. The molecule has 0 saturated carbocycles. The van der Waals surface area contributed by atoms with E-state index in [1.165, 1.54) is 0 Å². The van der Waals surface area contributed by atoms with Crippen molar-refractivity contribution in [3.8, 4) is 0 Å². The molecule has 0 aromatic carbocycles. The Balaban J connectivity index is 1.93. The number of nitrogens with two attached hydrogens (primary N) is 1. The van der Waals surface area contributed by atoms with Crippen LogP contribution in [0.25, 0.3) is 0 Å². The molecular weight excluding hydrogens is 1290 g/mol. The number of nitrogens with one attached hydrogen (secondary N) is 2. The van der Waals surface area contributed by atoms with Gasteiger partial charge in [-0.2, -0.15) is 0 Å². The Labute approximate surface area is 576 Å². The predicted octanol–water partition coefficient (Wildman–Crippen LogP) is 5.86. The van der Waals surface area contributed by atoms with E-state index in [2.05, 4.69) is 15.2 Å². The Kier molecular flexibility index (Phi) is 49.7. The molecule has 2 amide bonds. The van der Waals surface area contributed by atoms with Crippen molar-refractivity contribution in [1.29, 1.82) is 0 Å². The Morgan fingerprint density at radius 2 is 0.856 bits per heavy atom. The first-order chi connectivity index (χ1) is 46.3. The lowest BCUT2D eigenvalue weighted by Crippen LogP contribution is -2.55. The van der Waals surface area contributed by atoms with Crippen molar-refractivity contribution in [3.05, 3.63) is 0 Å². The van der Waals surface area contributed by atoms with Crippen LogP contribution in [-0.2, 0) is 75.8 Å². The molecule has 0 aromatic heterocycles. The number of rotatable bonds is 63. The van der Waals surface area contributed by atoms with Gasteiger partial charge in [-0.25, -0.2) is 4.57 Å². The Morgan fingerprint density at radius 3 is 1.26 bits per heavy atom. The average Bonchev–Trinajstić information content (AvgIpc) is 0.843. The summed E-state index contributed by atoms with van der Waals surface area (Å²) in [6, 6.07) is -0.505. The van der Waals surface area contributed by atoms with Gasteiger partial charge in [0.2, 0.25) is 11.8 Å². The maximum absolute atomic E-state index is 13.9. The first-order valence-electron chi connectivity index (χ1n) is 36.1. The monoisotopic (exact) mass is 1410 g/mol. The molecule has 0 spiro atoms. The number of aliphatic hydroxyl groups excluding tert-OH is 6. The van der Waals surface area contributed by atoms with Gasteiger partial charge >= 0.3 is 7.82 Å². The topological polar surface area (TPSA) is 422 Å². The summed E-state index contributed by atoms with van der Waals surface area (Å²) in [6.07, 6.45) is 9.04. The van der Waals surface area contributed by atoms with Gasteiger partial charge < -0.3 is 90.0 Å². The number of ketones is 5. The number of phosphoric ester groups is 1. The number of hydrogen-bond acceptors (Lipinski definition) is 23. The molecule has 12 N–H and O–H groups in total. The van der Waals surface area contributed by atoms with E-state index >= 15 is 0 Å². The van der Waals surface area contributed by atoms with E-state index in [0.29, 0.717) is 154 Å². The van der Waals surface area contributed by atoms with Crippen LogP contribution in [0.15, 0.2) is 0 Å². The molecule has 11 atom stereocenters. The minimum Gasteiger partial charge on any atom is -0.394 e. The van der Waals surface area contributed by atoms with Gasteiger partial charge in [0.1, 0.15) is 53.3 Å². The summed E-state index contributed by atoms with van der Waals surface area (Å²) in [5.41, 5.74) is 4.57. The molecule has 97 heavy (non-hydrogen) atoms. The number of carbonyl (C=O) groups is 7. The maximum Gasteiger partial charge on any atom is 0.469 e. The van der Waals surface area contributed by atoms with Crippen LogP contribution in [0.4, 0.5) is 0 Å². The molecule has 2 aliphatic heterocycles. The highest BCUT2D eigenvalue weighted by atomic mass is 31.2. The maximum atomic E-state index is 13.9. The first kappa shape index (κ1) is 89.9. The van der Waals surface area contributed by atoms with Crippen LogP contribution in [0, 0.1) is 23.2 Å². The van der Waals surface area contributed by atoms with Crippen molar-refractivity contribution in [1.82, 2.24) is 10.6 Å². The summed E-state index contributed by atoms with van der Waals surface area (Å²) in [5.74, 6) is -1.06. The number of hydrogen-bond donors (Lipinski definition) is 11. The van der Waals surface area contributed by atoms with Gasteiger partial charge in [0, 0.05) is 114 Å². The summed E-state index contributed by atoms with van der Waals surface area (Å²) in [6.45, 7) is 7.70. The highest BCUT2D eigenvalue weighted by molar-refractivity contribution is 7.46. The fraction of sp³-hybridized carbons (Fsp3) is 0.899. The van der Waals surface area contributed by atoms with Crippen LogP contribution in [0.5, 0.6) is 0 Å². The smallest absolute Gasteiger partial charge is 0.394 e. The van der Waals surface area contributed by atoms with Crippen molar-refractivity contribution >= 4 is 48.6 Å². The molecule has 2 heterocycles. The number of carbonyl (C=O) groups excluding carboxylic acids is 7. The van der Waals surface area contributed by atoms with Crippen LogP contribution >= 0.6 is 7.82 Å². The second-order valence-electron chi connectivity index (χ2n) is 27.2. The van der Waals surface area contributed by atoms with Gasteiger partial charge in [-0.05, 0) is 89.5 Å². The molecule has 0 radical (unpaired) electrons. The number of aliphatic hydroxyl groups is 6. The van der Waals surface area contributed by atoms with E-state index in [1.807, 2.05) is 13.8 Å². The van der Waals surface area contributed by atoms with Gasteiger partial charge in [-0.1, -0.05) is 79.1 Å². The molecule has 0 aromatic rings. The van der Waals surface area contributed by atoms with Gasteiger partial charge in [-0.15, -0.1) is 0 Å². The summed E-state index contributed by atoms with van der Waals surface area (Å²) in [4.78, 5) is 109. The van der Waals surface area contributed by atoms with Crippen molar-refractivity contribution in [2.24, 2.45) is 28.9 Å². The van der Waals surface area contributed by atoms with Crippen LogP contribution in [0.1, 0.15) is 233 Å². The summed E-state index contributed by atoms with van der Waals surface area (Å²) in [7, 11) is -4.66. The summed E-state index contributed by atoms with van der Waals surface area (Å²) in [5, 5.41) is 65.2. The zero-order valence-electron chi connectivity index (χ0n) is 58.9. The fourth-order valence-corrected chi connectivity index (χ4v) is 12.1.